The van der Waals surface area contributed by atoms with Crippen LogP contribution in [0.1, 0.15) is 12.2 Å². The molecule has 0 spiro atoms. The lowest BCUT2D eigenvalue weighted by Crippen LogP contribution is -2.29. The summed E-state index contributed by atoms with van der Waals surface area (Å²) in [6, 6.07) is 0.441. The number of ether oxygens (including phenoxy) is 1. The van der Waals surface area contributed by atoms with Gasteiger partial charge in [0.15, 0.2) is 0 Å². The van der Waals surface area contributed by atoms with Gasteiger partial charge in [-0.05, 0) is 13.5 Å². The summed E-state index contributed by atoms with van der Waals surface area (Å²) in [4.78, 5) is 4.29. The highest BCUT2D eigenvalue weighted by atomic mass is 16.5. The second kappa shape index (κ2) is 5.78. The van der Waals surface area contributed by atoms with Crippen LogP contribution in [0.5, 0.6) is 0 Å². The summed E-state index contributed by atoms with van der Waals surface area (Å²) in [5, 5.41) is 3.27. The molecule has 0 bridgehead atoms. The summed E-state index contributed by atoms with van der Waals surface area (Å²) in [6.45, 7) is 0.788. The van der Waals surface area contributed by atoms with Crippen molar-refractivity contribution in [3.63, 3.8) is 0 Å². The smallest absolute Gasteiger partial charge is 0.109 e. The first-order valence-electron chi connectivity index (χ1n) is 4.90. The van der Waals surface area contributed by atoms with Gasteiger partial charge in [0, 0.05) is 45.6 Å². The minimum absolute atomic E-state index is 0.441. The van der Waals surface area contributed by atoms with Gasteiger partial charge in [0.2, 0.25) is 0 Å². The standard InChI is InChI=1S/C10H19N3O/c1-11-9(4-7-14-3)8-10-12-5-6-13(10)2/h5-6,9,11H,4,7-8H2,1-3H3. The summed E-state index contributed by atoms with van der Waals surface area (Å²) in [5.41, 5.74) is 0. The van der Waals surface area contributed by atoms with Gasteiger partial charge in [-0.2, -0.15) is 0 Å². The summed E-state index contributed by atoms with van der Waals surface area (Å²) >= 11 is 0. The van der Waals surface area contributed by atoms with Gasteiger partial charge in [0.05, 0.1) is 0 Å². The van der Waals surface area contributed by atoms with Crippen molar-refractivity contribution in [2.75, 3.05) is 20.8 Å². The molecular weight excluding hydrogens is 178 g/mol. The van der Waals surface area contributed by atoms with Crippen LogP contribution in [0.4, 0.5) is 0 Å². The van der Waals surface area contributed by atoms with E-state index in [1.165, 1.54) is 0 Å². The zero-order valence-electron chi connectivity index (χ0n) is 9.16. The number of likely N-dealkylation sites (N-methyl/N-ethyl adjacent to an activating group) is 1. The lowest BCUT2D eigenvalue weighted by Gasteiger charge is -2.15. The number of rotatable bonds is 6. The molecule has 0 aliphatic rings. The number of imidazole rings is 1. The number of nitrogens with zero attached hydrogens (tertiary/aromatic N) is 2. The first-order valence-corrected chi connectivity index (χ1v) is 4.90. The molecule has 1 atom stereocenters. The van der Waals surface area contributed by atoms with Gasteiger partial charge in [-0.15, -0.1) is 0 Å². The molecule has 0 saturated carbocycles. The number of aromatic nitrogens is 2. The fourth-order valence-electron chi connectivity index (χ4n) is 1.42. The van der Waals surface area contributed by atoms with Crippen LogP contribution in [-0.2, 0) is 18.2 Å². The predicted molar refractivity (Wildman–Crippen MR) is 56.3 cm³/mol. The molecule has 0 aromatic carbocycles. The van der Waals surface area contributed by atoms with Gasteiger partial charge >= 0.3 is 0 Å². The molecule has 4 nitrogen and oxygen atoms in total. The van der Waals surface area contributed by atoms with Crippen LogP contribution in [0, 0.1) is 0 Å². The van der Waals surface area contributed by atoms with Gasteiger partial charge < -0.3 is 14.6 Å². The molecular formula is C10H19N3O. The van der Waals surface area contributed by atoms with Crippen molar-refractivity contribution in [2.24, 2.45) is 7.05 Å². The van der Waals surface area contributed by atoms with Gasteiger partial charge in [0.1, 0.15) is 5.82 Å². The van der Waals surface area contributed by atoms with E-state index in [4.69, 9.17) is 4.74 Å². The van der Waals surface area contributed by atoms with E-state index in [1.807, 2.05) is 26.5 Å². The Morgan fingerprint density at radius 2 is 2.43 bits per heavy atom. The third-order valence-corrected chi connectivity index (χ3v) is 2.43. The normalized spacial score (nSPS) is 13.1. The molecule has 1 aromatic rings. The number of aryl methyl sites for hydroxylation is 1. The molecule has 80 valence electrons. The summed E-state index contributed by atoms with van der Waals surface area (Å²) in [5.74, 6) is 1.11. The Morgan fingerprint density at radius 3 is 2.93 bits per heavy atom. The number of hydrogen-bond acceptors (Lipinski definition) is 3. The predicted octanol–water partition coefficient (Wildman–Crippen LogP) is 0.587. The molecule has 0 amide bonds. The first-order chi connectivity index (χ1) is 6.77. The van der Waals surface area contributed by atoms with Crippen LogP contribution in [0.15, 0.2) is 12.4 Å². The Balaban J connectivity index is 2.44. The first kappa shape index (κ1) is 11.2. The highest BCUT2D eigenvalue weighted by molar-refractivity contribution is 4.94. The maximum atomic E-state index is 5.06. The average Bonchev–Trinajstić information content (AvgIpc) is 2.59. The van der Waals surface area contributed by atoms with Crippen LogP contribution in [0.25, 0.3) is 0 Å². The summed E-state index contributed by atoms with van der Waals surface area (Å²) < 4.78 is 7.11. The van der Waals surface area contributed by atoms with E-state index >= 15 is 0 Å². The van der Waals surface area contributed by atoms with Crippen molar-refractivity contribution < 1.29 is 4.74 Å². The lowest BCUT2D eigenvalue weighted by atomic mass is 10.1. The largest absolute Gasteiger partial charge is 0.385 e. The van der Waals surface area contributed by atoms with E-state index < -0.39 is 0 Å². The zero-order valence-corrected chi connectivity index (χ0v) is 9.16. The van der Waals surface area contributed by atoms with Crippen LogP contribution >= 0.6 is 0 Å². The molecule has 1 unspecified atom stereocenters. The topological polar surface area (TPSA) is 39.1 Å². The van der Waals surface area contributed by atoms with Gasteiger partial charge in [-0.3, -0.25) is 0 Å². The maximum Gasteiger partial charge on any atom is 0.109 e. The van der Waals surface area contributed by atoms with Gasteiger partial charge in [0.25, 0.3) is 0 Å². The fraction of sp³-hybridized carbons (Fsp3) is 0.700. The minimum atomic E-state index is 0.441. The van der Waals surface area contributed by atoms with E-state index in [0.29, 0.717) is 6.04 Å². The highest BCUT2D eigenvalue weighted by Crippen LogP contribution is 2.02. The van der Waals surface area contributed by atoms with Gasteiger partial charge in [-0.25, -0.2) is 4.98 Å². The number of hydrogen-bond donors (Lipinski definition) is 1. The summed E-state index contributed by atoms with van der Waals surface area (Å²) in [7, 11) is 5.72. The Labute approximate surface area is 85.3 Å². The molecule has 1 N–H and O–H groups in total. The van der Waals surface area contributed by atoms with Crippen molar-refractivity contribution in [2.45, 2.75) is 18.9 Å². The average molecular weight is 197 g/mol. The third-order valence-electron chi connectivity index (χ3n) is 2.43. The van der Waals surface area contributed by atoms with Gasteiger partial charge in [-0.1, -0.05) is 0 Å². The SMILES string of the molecule is CNC(CCOC)Cc1nccn1C. The Hall–Kier alpha value is -0.870. The zero-order chi connectivity index (χ0) is 10.4. The van der Waals surface area contributed by atoms with Crippen LogP contribution < -0.4 is 5.32 Å². The molecule has 0 fully saturated rings. The summed E-state index contributed by atoms with van der Waals surface area (Å²) in [6.07, 6.45) is 5.76. The number of nitrogens with one attached hydrogen (secondary N) is 1. The van der Waals surface area contributed by atoms with E-state index in [9.17, 15) is 0 Å². The highest BCUT2D eigenvalue weighted by Gasteiger charge is 2.09. The Bertz CT molecular complexity index is 260. The third kappa shape index (κ3) is 3.12. The molecule has 4 heteroatoms. The quantitative estimate of drug-likeness (QED) is 0.725. The van der Waals surface area contributed by atoms with Crippen molar-refractivity contribution in [1.29, 1.82) is 0 Å². The molecule has 14 heavy (non-hydrogen) atoms. The lowest BCUT2D eigenvalue weighted by molar-refractivity contribution is 0.183. The van der Waals surface area contributed by atoms with Crippen LogP contribution in [0.3, 0.4) is 0 Å². The Kier molecular flexibility index (Phi) is 4.62. The molecule has 0 saturated heterocycles. The van der Waals surface area contributed by atoms with Crippen LogP contribution in [-0.4, -0.2) is 36.4 Å². The maximum absolute atomic E-state index is 5.06. The molecule has 1 heterocycles. The van der Waals surface area contributed by atoms with E-state index in [0.717, 1.165) is 25.3 Å². The van der Waals surface area contributed by atoms with E-state index in [-0.39, 0.29) is 0 Å². The fourth-order valence-corrected chi connectivity index (χ4v) is 1.42. The monoisotopic (exact) mass is 197 g/mol. The molecule has 1 rings (SSSR count). The second-order valence-electron chi connectivity index (χ2n) is 3.43. The second-order valence-corrected chi connectivity index (χ2v) is 3.43. The van der Waals surface area contributed by atoms with Crippen molar-refractivity contribution in [3.05, 3.63) is 18.2 Å². The van der Waals surface area contributed by atoms with E-state index in [2.05, 4.69) is 14.9 Å². The molecule has 1 aromatic heterocycles. The van der Waals surface area contributed by atoms with Crippen molar-refractivity contribution >= 4 is 0 Å². The molecule has 0 aliphatic carbocycles. The van der Waals surface area contributed by atoms with Crippen LogP contribution in [0.2, 0.25) is 0 Å². The van der Waals surface area contributed by atoms with Crippen molar-refractivity contribution in [3.8, 4) is 0 Å². The minimum Gasteiger partial charge on any atom is -0.385 e. The molecule has 0 aliphatic heterocycles. The van der Waals surface area contributed by atoms with Crippen molar-refractivity contribution in [1.82, 2.24) is 14.9 Å². The molecule has 0 radical (unpaired) electrons. The Morgan fingerprint density at radius 1 is 1.64 bits per heavy atom. The van der Waals surface area contributed by atoms with E-state index in [1.54, 1.807) is 7.11 Å². The number of methoxy groups -OCH3 is 1.